The number of hydrogen-bond donors (Lipinski definition) is 12. The number of H-pyrrole nitrogens is 2. The Kier molecular flexibility index (Phi) is 18.6. The second-order valence-electron chi connectivity index (χ2n) is 14.4. The quantitative estimate of drug-likeness (QED) is 0.0294. The molecule has 4 rings (SSSR count). The van der Waals surface area contributed by atoms with Crippen molar-refractivity contribution in [3.05, 3.63) is 72.1 Å². The third-order valence-corrected chi connectivity index (χ3v) is 12.2. The number of aromatic nitrogens is 2. The van der Waals surface area contributed by atoms with Gasteiger partial charge >= 0.3 is 23.9 Å². The molecule has 2 heterocycles. The zero-order chi connectivity index (χ0) is 45.3. The molecular formula is C40H50N8O12S2. The van der Waals surface area contributed by atoms with E-state index in [9.17, 15) is 48.6 Å². The van der Waals surface area contributed by atoms with Gasteiger partial charge in [0.25, 0.3) is 0 Å². The fraction of sp³-hybridized carbons (Fsp3) is 0.400. The average Bonchev–Trinajstić information content (AvgIpc) is 3.84. The van der Waals surface area contributed by atoms with Gasteiger partial charge in [0, 0.05) is 71.4 Å². The lowest BCUT2D eigenvalue weighted by Gasteiger charge is -2.23. The van der Waals surface area contributed by atoms with Gasteiger partial charge in [-0.05, 0) is 48.9 Å². The third kappa shape index (κ3) is 14.8. The summed E-state index contributed by atoms with van der Waals surface area (Å²) >= 11 is 0. The van der Waals surface area contributed by atoms with Crippen molar-refractivity contribution in [1.29, 1.82) is 0 Å². The van der Waals surface area contributed by atoms with E-state index in [1.807, 2.05) is 12.1 Å². The van der Waals surface area contributed by atoms with Crippen LogP contribution < -0.4 is 32.7 Å². The van der Waals surface area contributed by atoms with Crippen molar-refractivity contribution in [3.63, 3.8) is 0 Å². The summed E-state index contributed by atoms with van der Waals surface area (Å²) in [5, 5.41) is 49.9. The van der Waals surface area contributed by atoms with E-state index in [-0.39, 0.29) is 62.9 Å². The first-order valence-electron chi connectivity index (χ1n) is 19.5. The van der Waals surface area contributed by atoms with Crippen LogP contribution in [-0.2, 0) is 51.2 Å². The standard InChI is InChI=1S/C40H50N8O12S2/c41-25(37(53)54)9-5-13-33(49)45-31(35(51)47-29(39(57)58)15-21-17-43-27-11-3-1-7-23(21)27)19-61-62-20-32(46-34(50)14-6-10-26(42)38(55)56)36(52)48-30(40(59)60)16-22-18-44-28-12-4-2-8-24(22)28/h1-4,7-8,11-12,17-18,25-26,29-32,43-44H,5-6,9-10,13-16,19-20,41-42H2,(H,45,49)(H,46,50)(H,47,51)(H,48,52)(H,53,54)(H,55,56)(H,57,58)(H,59,60)/t25-,26-,29+,30+,31-,32-/m0/s1. The molecule has 0 radical (unpaired) electrons. The average molecular weight is 899 g/mol. The van der Waals surface area contributed by atoms with E-state index < -0.39 is 83.8 Å². The van der Waals surface area contributed by atoms with Crippen molar-refractivity contribution >= 4 is 90.9 Å². The zero-order valence-electron chi connectivity index (χ0n) is 33.3. The Labute approximate surface area is 362 Å². The van der Waals surface area contributed by atoms with E-state index in [2.05, 4.69) is 31.2 Å². The monoisotopic (exact) mass is 898 g/mol. The molecule has 22 heteroatoms. The summed E-state index contributed by atoms with van der Waals surface area (Å²) in [4.78, 5) is 106. The van der Waals surface area contributed by atoms with Gasteiger partial charge in [-0.15, -0.1) is 0 Å². The van der Waals surface area contributed by atoms with Gasteiger partial charge in [-0.1, -0.05) is 58.0 Å². The maximum absolute atomic E-state index is 13.7. The molecule has 334 valence electrons. The molecule has 6 atom stereocenters. The van der Waals surface area contributed by atoms with Crippen LogP contribution in [0, 0.1) is 0 Å². The van der Waals surface area contributed by atoms with Gasteiger partial charge in [-0.3, -0.25) is 28.8 Å². The minimum atomic E-state index is -1.41. The topological polar surface area (TPSA) is 349 Å². The summed E-state index contributed by atoms with van der Waals surface area (Å²) in [5.41, 5.74) is 13.9. The number of aromatic amines is 2. The molecule has 14 N–H and O–H groups in total. The molecule has 20 nitrogen and oxygen atoms in total. The molecule has 62 heavy (non-hydrogen) atoms. The highest BCUT2D eigenvalue weighted by molar-refractivity contribution is 8.76. The van der Waals surface area contributed by atoms with Crippen molar-refractivity contribution in [3.8, 4) is 0 Å². The summed E-state index contributed by atoms with van der Waals surface area (Å²) in [6, 6.07) is 6.50. The first-order valence-corrected chi connectivity index (χ1v) is 22.0. The van der Waals surface area contributed by atoms with Crippen LogP contribution >= 0.6 is 21.6 Å². The number of benzene rings is 2. The summed E-state index contributed by atoms with van der Waals surface area (Å²) in [6.07, 6.45) is 2.77. The minimum absolute atomic E-state index is 0.0258. The SMILES string of the molecule is N[C@@H](CCCC(=O)N[C@@H](CSSC[C@H](NC(=O)CCC[C@H](N)C(=O)O)C(=O)N[C@H](Cc1c[nH]c2ccccc12)C(=O)O)C(=O)N[C@H](Cc1c[nH]c2ccccc12)C(=O)O)C(=O)O. The molecule has 0 spiro atoms. The van der Waals surface area contributed by atoms with E-state index in [0.29, 0.717) is 11.1 Å². The first kappa shape index (κ1) is 48.6. The van der Waals surface area contributed by atoms with Crippen LogP contribution in [0.15, 0.2) is 60.9 Å². The van der Waals surface area contributed by atoms with Crippen LogP contribution in [0.2, 0.25) is 0 Å². The highest BCUT2D eigenvalue weighted by Gasteiger charge is 2.30. The second-order valence-corrected chi connectivity index (χ2v) is 17.0. The Morgan fingerprint density at radius 2 is 0.903 bits per heavy atom. The fourth-order valence-electron chi connectivity index (χ4n) is 6.33. The highest BCUT2D eigenvalue weighted by atomic mass is 33.1. The van der Waals surface area contributed by atoms with E-state index in [4.69, 9.17) is 21.7 Å². The lowest BCUT2D eigenvalue weighted by atomic mass is 10.0. The van der Waals surface area contributed by atoms with Gasteiger partial charge in [0.2, 0.25) is 23.6 Å². The van der Waals surface area contributed by atoms with Crippen molar-refractivity contribution in [1.82, 2.24) is 31.2 Å². The maximum Gasteiger partial charge on any atom is 0.326 e. The number of aliphatic carboxylic acids is 4. The number of carbonyl (C=O) groups is 8. The van der Waals surface area contributed by atoms with Crippen LogP contribution in [0.4, 0.5) is 0 Å². The number of nitrogens with two attached hydrogens (primary N) is 2. The van der Waals surface area contributed by atoms with Gasteiger partial charge in [-0.25, -0.2) is 9.59 Å². The van der Waals surface area contributed by atoms with Gasteiger partial charge in [0.15, 0.2) is 0 Å². The van der Waals surface area contributed by atoms with Crippen molar-refractivity contribution < 1.29 is 58.8 Å². The van der Waals surface area contributed by atoms with E-state index in [0.717, 1.165) is 43.4 Å². The van der Waals surface area contributed by atoms with E-state index in [1.54, 1.807) is 48.8 Å². The Bertz CT molecular complexity index is 2080. The molecule has 0 aliphatic heterocycles. The van der Waals surface area contributed by atoms with Crippen molar-refractivity contribution in [2.45, 2.75) is 87.6 Å². The van der Waals surface area contributed by atoms with Crippen LogP contribution in [0.1, 0.15) is 49.7 Å². The molecule has 0 fully saturated rings. The summed E-state index contributed by atoms with van der Waals surface area (Å²) in [5.74, 6) is -8.48. The number of rotatable bonds is 27. The van der Waals surface area contributed by atoms with Crippen LogP contribution in [0.25, 0.3) is 21.8 Å². The molecule has 0 aliphatic carbocycles. The molecule has 4 amide bonds. The number of amides is 4. The Balaban J connectivity index is 1.47. The Hall–Kier alpha value is -6.10. The fourth-order valence-corrected chi connectivity index (χ4v) is 8.66. The molecule has 0 saturated carbocycles. The lowest BCUT2D eigenvalue weighted by Crippen LogP contribution is -2.53. The highest BCUT2D eigenvalue weighted by Crippen LogP contribution is 2.25. The van der Waals surface area contributed by atoms with Gasteiger partial charge < -0.3 is 63.1 Å². The first-order chi connectivity index (χ1) is 29.5. The number of para-hydroxylation sites is 2. The van der Waals surface area contributed by atoms with Crippen LogP contribution in [-0.4, -0.2) is 126 Å². The van der Waals surface area contributed by atoms with E-state index >= 15 is 0 Å². The largest absolute Gasteiger partial charge is 0.480 e. The molecule has 0 saturated heterocycles. The normalized spacial score (nSPS) is 14.2. The van der Waals surface area contributed by atoms with Crippen molar-refractivity contribution in [2.75, 3.05) is 11.5 Å². The van der Waals surface area contributed by atoms with Crippen molar-refractivity contribution in [2.24, 2.45) is 11.5 Å². The van der Waals surface area contributed by atoms with Crippen LogP contribution in [0.3, 0.4) is 0 Å². The Morgan fingerprint density at radius 1 is 0.532 bits per heavy atom. The number of hydrogen-bond acceptors (Lipinski definition) is 12. The zero-order valence-corrected chi connectivity index (χ0v) is 35.0. The molecular weight excluding hydrogens is 849 g/mol. The third-order valence-electron chi connectivity index (χ3n) is 9.76. The Morgan fingerprint density at radius 3 is 1.26 bits per heavy atom. The molecule has 2 aromatic carbocycles. The maximum atomic E-state index is 13.7. The second kappa shape index (κ2) is 23.8. The number of fused-ring (bicyclic) bond motifs is 2. The molecule has 4 aromatic rings. The molecule has 0 bridgehead atoms. The molecule has 0 aliphatic rings. The predicted molar refractivity (Wildman–Crippen MR) is 231 cm³/mol. The summed E-state index contributed by atoms with van der Waals surface area (Å²) < 4.78 is 0. The number of carboxylic acids is 4. The van der Waals surface area contributed by atoms with Gasteiger partial charge in [-0.2, -0.15) is 0 Å². The summed E-state index contributed by atoms with van der Waals surface area (Å²) in [7, 11) is 1.99. The lowest BCUT2D eigenvalue weighted by molar-refractivity contribution is -0.142. The van der Waals surface area contributed by atoms with Gasteiger partial charge in [0.05, 0.1) is 0 Å². The number of carboxylic acid groups (broad SMARTS) is 4. The van der Waals surface area contributed by atoms with Crippen LogP contribution in [0.5, 0.6) is 0 Å². The number of carbonyl (C=O) groups excluding carboxylic acids is 4. The smallest absolute Gasteiger partial charge is 0.326 e. The minimum Gasteiger partial charge on any atom is -0.480 e. The predicted octanol–water partition coefficient (Wildman–Crippen LogP) is 1.09. The van der Waals surface area contributed by atoms with Gasteiger partial charge in [0.1, 0.15) is 36.3 Å². The molecule has 2 aromatic heterocycles. The summed E-state index contributed by atoms with van der Waals surface area (Å²) in [6.45, 7) is 0. The van der Waals surface area contributed by atoms with E-state index in [1.165, 1.54) is 0 Å². The number of nitrogens with one attached hydrogen (secondary N) is 6. The molecule has 0 unspecified atom stereocenters.